The molecule has 0 saturated carbocycles. The Morgan fingerprint density at radius 2 is 2.35 bits per heavy atom. The summed E-state index contributed by atoms with van der Waals surface area (Å²) in [6.45, 7) is 2.04. The number of carbonyl (C=O) groups excluding carboxylic acids is 1. The summed E-state index contributed by atoms with van der Waals surface area (Å²) in [5.74, 6) is 0.705. The molecule has 1 aromatic heterocycles. The van der Waals surface area contributed by atoms with Crippen molar-refractivity contribution in [3.8, 4) is 11.5 Å². The van der Waals surface area contributed by atoms with Gasteiger partial charge in [-0.25, -0.2) is 9.78 Å². The molecule has 7 heteroatoms. The molecule has 0 amide bonds. The summed E-state index contributed by atoms with van der Waals surface area (Å²) in [4.78, 5) is 16.4. The first kappa shape index (κ1) is 13.2. The predicted molar refractivity (Wildman–Crippen MR) is 73.5 cm³/mol. The molecule has 3 rings (SSSR count). The Labute approximate surface area is 124 Å². The summed E-state index contributed by atoms with van der Waals surface area (Å²) in [6.07, 6.45) is 0. The van der Waals surface area contributed by atoms with Gasteiger partial charge in [0.2, 0.25) is 6.79 Å². The van der Waals surface area contributed by atoms with Crippen LogP contribution in [0.2, 0.25) is 5.02 Å². The van der Waals surface area contributed by atoms with Gasteiger partial charge >= 0.3 is 5.97 Å². The van der Waals surface area contributed by atoms with Gasteiger partial charge in [-0.3, -0.25) is 0 Å². The first-order valence-electron chi connectivity index (χ1n) is 5.80. The minimum atomic E-state index is -0.390. The maximum Gasteiger partial charge on any atom is 0.350 e. The van der Waals surface area contributed by atoms with Crippen molar-refractivity contribution in [1.29, 1.82) is 0 Å². The summed E-state index contributed by atoms with van der Waals surface area (Å²) in [5, 5.41) is 0.444. The highest BCUT2D eigenvalue weighted by Gasteiger charge is 2.19. The van der Waals surface area contributed by atoms with Gasteiger partial charge in [-0.05, 0) is 24.6 Å². The molecule has 0 aliphatic carbocycles. The van der Waals surface area contributed by atoms with Gasteiger partial charge in [0, 0.05) is 0 Å². The fourth-order valence-corrected chi connectivity index (χ4v) is 2.80. The lowest BCUT2D eigenvalue weighted by Gasteiger charge is -2.06. The van der Waals surface area contributed by atoms with Gasteiger partial charge in [0.05, 0.1) is 16.2 Å². The van der Waals surface area contributed by atoms with Crippen molar-refractivity contribution >= 4 is 28.9 Å². The molecule has 2 aromatic rings. The Hall–Kier alpha value is -1.79. The van der Waals surface area contributed by atoms with Gasteiger partial charge in [-0.2, -0.15) is 0 Å². The zero-order valence-corrected chi connectivity index (χ0v) is 12.1. The smallest absolute Gasteiger partial charge is 0.350 e. The molecule has 0 N–H and O–H groups in total. The van der Waals surface area contributed by atoms with E-state index in [9.17, 15) is 4.79 Å². The molecule has 20 heavy (non-hydrogen) atoms. The molecule has 0 saturated heterocycles. The minimum absolute atomic E-state index is 0.118. The number of rotatable bonds is 3. The minimum Gasteiger partial charge on any atom is -0.457 e. The van der Waals surface area contributed by atoms with Gasteiger partial charge in [-0.1, -0.05) is 11.6 Å². The molecule has 104 valence electrons. The molecular formula is C13H10ClNO4S. The van der Waals surface area contributed by atoms with Crippen molar-refractivity contribution < 1.29 is 19.0 Å². The number of esters is 1. The maximum atomic E-state index is 11.9. The van der Waals surface area contributed by atoms with Crippen molar-refractivity contribution in [3.63, 3.8) is 0 Å². The molecule has 0 radical (unpaired) electrons. The number of aromatic nitrogens is 1. The average Bonchev–Trinajstić information content (AvgIpc) is 3.04. The quantitative estimate of drug-likeness (QED) is 0.815. The van der Waals surface area contributed by atoms with E-state index in [1.807, 2.05) is 0 Å². The van der Waals surface area contributed by atoms with E-state index in [-0.39, 0.29) is 13.4 Å². The second-order valence-corrected chi connectivity index (χ2v) is 5.42. The molecule has 0 atom stereocenters. The van der Waals surface area contributed by atoms with Gasteiger partial charge in [-0.15, -0.1) is 11.3 Å². The van der Waals surface area contributed by atoms with Crippen LogP contribution in [-0.2, 0) is 11.3 Å². The number of hydrogen-bond donors (Lipinski definition) is 0. The van der Waals surface area contributed by atoms with Crippen LogP contribution >= 0.6 is 22.9 Å². The van der Waals surface area contributed by atoms with E-state index in [0.29, 0.717) is 27.1 Å². The molecule has 0 fully saturated rings. The van der Waals surface area contributed by atoms with Crippen LogP contribution in [0.3, 0.4) is 0 Å². The number of benzene rings is 1. The normalized spacial score (nSPS) is 12.5. The van der Waals surface area contributed by atoms with E-state index < -0.39 is 5.97 Å². The van der Waals surface area contributed by atoms with Crippen molar-refractivity contribution in [3.05, 3.63) is 38.8 Å². The number of fused-ring (bicyclic) bond motifs is 1. The molecule has 5 nitrogen and oxygen atoms in total. The van der Waals surface area contributed by atoms with Crippen molar-refractivity contribution in [2.45, 2.75) is 13.5 Å². The number of aryl methyl sites for hydroxylation is 1. The Bertz CT molecular complexity index is 670. The monoisotopic (exact) mass is 311 g/mol. The predicted octanol–water partition coefficient (Wildman–Crippen LogP) is 3.19. The van der Waals surface area contributed by atoms with Gasteiger partial charge in [0.25, 0.3) is 0 Å². The molecule has 1 aliphatic rings. The Balaban J connectivity index is 1.72. The number of ether oxygens (including phenoxy) is 3. The summed E-state index contributed by atoms with van der Waals surface area (Å²) < 4.78 is 15.7. The fraction of sp³-hybridized carbons (Fsp3) is 0.231. The molecule has 1 aliphatic heterocycles. The van der Waals surface area contributed by atoms with Crippen LogP contribution in [0.4, 0.5) is 0 Å². The van der Waals surface area contributed by atoms with E-state index >= 15 is 0 Å². The average molecular weight is 312 g/mol. The summed E-state index contributed by atoms with van der Waals surface area (Å²) in [5.41, 5.74) is 3.03. The zero-order chi connectivity index (χ0) is 14.1. The van der Waals surface area contributed by atoms with E-state index in [4.69, 9.17) is 25.8 Å². The Morgan fingerprint density at radius 1 is 1.50 bits per heavy atom. The molecule has 2 heterocycles. The lowest BCUT2D eigenvalue weighted by molar-refractivity contribution is 0.0477. The number of thiazole rings is 1. The van der Waals surface area contributed by atoms with E-state index in [1.165, 1.54) is 11.3 Å². The summed E-state index contributed by atoms with van der Waals surface area (Å²) >= 11 is 7.32. The van der Waals surface area contributed by atoms with Crippen molar-refractivity contribution in [2.24, 2.45) is 0 Å². The number of carbonyl (C=O) groups is 1. The van der Waals surface area contributed by atoms with Crippen LogP contribution in [0.15, 0.2) is 17.6 Å². The largest absolute Gasteiger partial charge is 0.457 e. The van der Waals surface area contributed by atoms with Crippen LogP contribution in [0.25, 0.3) is 0 Å². The second-order valence-electron chi connectivity index (χ2n) is 4.15. The third kappa shape index (κ3) is 2.44. The standard InChI is InChI=1S/C13H10ClNO4S/c1-7-12(20-5-15-7)13(16)17-4-8-2-9(14)11-10(3-8)18-6-19-11/h2-3,5H,4,6H2,1H3. The molecule has 0 unspecified atom stereocenters. The van der Waals surface area contributed by atoms with Crippen LogP contribution in [0.1, 0.15) is 20.9 Å². The SMILES string of the molecule is Cc1ncsc1C(=O)OCc1cc(Cl)c2c(c1)OCO2. The van der Waals surface area contributed by atoms with E-state index in [0.717, 1.165) is 5.56 Å². The topological polar surface area (TPSA) is 57.7 Å². The first-order chi connectivity index (χ1) is 9.65. The zero-order valence-electron chi connectivity index (χ0n) is 10.5. The Morgan fingerprint density at radius 3 is 3.10 bits per heavy atom. The van der Waals surface area contributed by atoms with E-state index in [2.05, 4.69) is 4.98 Å². The van der Waals surface area contributed by atoms with Crippen LogP contribution in [0.5, 0.6) is 11.5 Å². The van der Waals surface area contributed by atoms with Gasteiger partial charge in [0.15, 0.2) is 11.5 Å². The molecule has 1 aromatic carbocycles. The maximum absolute atomic E-state index is 11.9. The highest BCUT2D eigenvalue weighted by Crippen LogP contribution is 2.39. The molecule has 0 bridgehead atoms. The van der Waals surface area contributed by atoms with E-state index in [1.54, 1.807) is 24.6 Å². The fourth-order valence-electron chi connectivity index (χ4n) is 1.82. The second kappa shape index (κ2) is 5.30. The van der Waals surface area contributed by atoms with Crippen LogP contribution in [-0.4, -0.2) is 17.7 Å². The molecule has 0 spiro atoms. The summed E-state index contributed by atoms with van der Waals surface area (Å²) in [6, 6.07) is 3.45. The number of hydrogen-bond acceptors (Lipinski definition) is 6. The number of nitrogens with zero attached hydrogens (tertiary/aromatic N) is 1. The lowest BCUT2D eigenvalue weighted by Crippen LogP contribution is -2.05. The third-order valence-corrected chi connectivity index (χ3v) is 3.98. The highest BCUT2D eigenvalue weighted by molar-refractivity contribution is 7.11. The van der Waals surface area contributed by atoms with Crippen molar-refractivity contribution in [1.82, 2.24) is 4.98 Å². The number of halogens is 1. The third-order valence-electron chi connectivity index (χ3n) is 2.79. The molecular weight excluding hydrogens is 302 g/mol. The highest BCUT2D eigenvalue weighted by atomic mass is 35.5. The Kier molecular flexibility index (Phi) is 3.50. The van der Waals surface area contributed by atoms with Crippen LogP contribution < -0.4 is 9.47 Å². The van der Waals surface area contributed by atoms with Gasteiger partial charge in [0.1, 0.15) is 11.5 Å². The van der Waals surface area contributed by atoms with Crippen molar-refractivity contribution in [2.75, 3.05) is 6.79 Å². The van der Waals surface area contributed by atoms with Gasteiger partial charge < -0.3 is 14.2 Å². The lowest BCUT2D eigenvalue weighted by atomic mass is 10.2. The first-order valence-corrected chi connectivity index (χ1v) is 7.06. The summed E-state index contributed by atoms with van der Waals surface area (Å²) in [7, 11) is 0. The van der Waals surface area contributed by atoms with Crippen LogP contribution in [0, 0.1) is 6.92 Å².